The van der Waals surface area contributed by atoms with E-state index in [4.69, 9.17) is 27.7 Å². The number of halogens is 2. The van der Waals surface area contributed by atoms with Crippen LogP contribution in [0, 0.1) is 5.92 Å². The third kappa shape index (κ3) is 6.72. The van der Waals surface area contributed by atoms with Crippen LogP contribution >= 0.6 is 23.2 Å². The Balaban J connectivity index is 1.22. The highest BCUT2D eigenvalue weighted by Crippen LogP contribution is 2.29. The lowest BCUT2D eigenvalue weighted by Gasteiger charge is -2.35. The number of aromatic nitrogens is 2. The van der Waals surface area contributed by atoms with Gasteiger partial charge in [0.05, 0.1) is 17.5 Å². The standard InChI is InChI=1S/C25H35Cl2N5O2/c1-2-20-8-3-4-13-32(20)14-6-11-28-25(33)18-7-5-12-31(16-18)17-23-29-24(30-34-23)21-10-9-19(26)15-22(21)27/h9-10,15,18,20H,2-8,11-14,16-17H2,1H3,(H,28,33). The lowest BCUT2D eigenvalue weighted by molar-refractivity contribution is -0.126. The zero-order chi connectivity index (χ0) is 23.9. The lowest BCUT2D eigenvalue weighted by Crippen LogP contribution is -2.44. The van der Waals surface area contributed by atoms with E-state index in [1.807, 2.05) is 0 Å². The van der Waals surface area contributed by atoms with Gasteiger partial charge in [-0.05, 0) is 69.8 Å². The van der Waals surface area contributed by atoms with Crippen LogP contribution < -0.4 is 5.32 Å². The fourth-order valence-corrected chi connectivity index (χ4v) is 5.65. The maximum Gasteiger partial charge on any atom is 0.241 e. The van der Waals surface area contributed by atoms with Crippen LogP contribution in [0.25, 0.3) is 11.4 Å². The van der Waals surface area contributed by atoms with Crippen LogP contribution in [0.3, 0.4) is 0 Å². The van der Waals surface area contributed by atoms with Crippen molar-refractivity contribution in [2.24, 2.45) is 5.92 Å². The predicted molar refractivity (Wildman–Crippen MR) is 135 cm³/mol. The SMILES string of the molecule is CCC1CCCCN1CCCNC(=O)C1CCCN(Cc2nc(-c3ccc(Cl)cc3Cl)no2)C1. The second-order valence-corrected chi connectivity index (χ2v) is 10.3. The molecule has 7 nitrogen and oxygen atoms in total. The summed E-state index contributed by atoms with van der Waals surface area (Å²) in [4.78, 5) is 22.1. The minimum absolute atomic E-state index is 0.000212. The van der Waals surface area contributed by atoms with E-state index in [0.29, 0.717) is 40.4 Å². The van der Waals surface area contributed by atoms with E-state index in [9.17, 15) is 4.79 Å². The smallest absolute Gasteiger partial charge is 0.241 e. The Bertz CT molecular complexity index is 953. The van der Waals surface area contributed by atoms with Crippen molar-refractivity contribution in [1.29, 1.82) is 0 Å². The van der Waals surface area contributed by atoms with Crippen molar-refractivity contribution in [3.63, 3.8) is 0 Å². The fourth-order valence-electron chi connectivity index (χ4n) is 5.16. The molecule has 4 rings (SSSR count). The zero-order valence-corrected chi connectivity index (χ0v) is 21.5. The molecule has 3 heterocycles. The third-order valence-corrected chi connectivity index (χ3v) is 7.56. The molecule has 2 fully saturated rings. The Morgan fingerprint density at radius 3 is 2.91 bits per heavy atom. The van der Waals surface area contributed by atoms with Crippen LogP contribution in [0.5, 0.6) is 0 Å². The van der Waals surface area contributed by atoms with Gasteiger partial charge < -0.3 is 14.7 Å². The van der Waals surface area contributed by atoms with Crippen molar-refractivity contribution in [2.45, 2.75) is 64.5 Å². The molecule has 2 saturated heterocycles. The molecule has 1 amide bonds. The van der Waals surface area contributed by atoms with Gasteiger partial charge in [0.15, 0.2) is 0 Å². The summed E-state index contributed by atoms with van der Waals surface area (Å²) in [5, 5.41) is 8.30. The third-order valence-electron chi connectivity index (χ3n) is 7.02. The van der Waals surface area contributed by atoms with Crippen molar-refractivity contribution < 1.29 is 9.32 Å². The molecule has 1 aromatic carbocycles. The van der Waals surface area contributed by atoms with Crippen LogP contribution in [-0.2, 0) is 11.3 Å². The molecule has 0 spiro atoms. The zero-order valence-electron chi connectivity index (χ0n) is 19.9. The maximum absolute atomic E-state index is 12.8. The first kappa shape index (κ1) is 25.4. The molecule has 34 heavy (non-hydrogen) atoms. The quantitative estimate of drug-likeness (QED) is 0.480. The van der Waals surface area contributed by atoms with Crippen molar-refractivity contribution in [3.05, 3.63) is 34.1 Å². The molecule has 0 radical (unpaired) electrons. The van der Waals surface area contributed by atoms with Crippen LogP contribution in [0.1, 0.15) is 57.8 Å². The predicted octanol–water partition coefficient (Wildman–Crippen LogP) is 5.03. The molecule has 9 heteroatoms. The molecule has 2 aliphatic heterocycles. The number of carbonyl (C=O) groups excluding carboxylic acids is 1. The maximum atomic E-state index is 12.8. The van der Waals surface area contributed by atoms with Crippen LogP contribution in [0.2, 0.25) is 10.0 Å². The number of likely N-dealkylation sites (tertiary alicyclic amines) is 2. The van der Waals surface area contributed by atoms with E-state index in [-0.39, 0.29) is 11.8 Å². The van der Waals surface area contributed by atoms with E-state index < -0.39 is 0 Å². The summed E-state index contributed by atoms with van der Waals surface area (Å²) in [7, 11) is 0. The van der Waals surface area contributed by atoms with Gasteiger partial charge in [-0.15, -0.1) is 0 Å². The van der Waals surface area contributed by atoms with Gasteiger partial charge in [-0.25, -0.2) is 0 Å². The van der Waals surface area contributed by atoms with Gasteiger partial charge in [0, 0.05) is 36.3 Å². The second-order valence-electron chi connectivity index (χ2n) is 9.45. The molecule has 1 aromatic heterocycles. The summed E-state index contributed by atoms with van der Waals surface area (Å²) in [6.45, 7) is 7.44. The minimum Gasteiger partial charge on any atom is -0.356 e. The van der Waals surface area contributed by atoms with Gasteiger partial charge >= 0.3 is 0 Å². The molecule has 186 valence electrons. The molecule has 2 aromatic rings. The topological polar surface area (TPSA) is 74.5 Å². The van der Waals surface area contributed by atoms with Crippen LogP contribution in [0.15, 0.2) is 22.7 Å². The Morgan fingerprint density at radius 2 is 2.09 bits per heavy atom. The molecule has 0 bridgehead atoms. The molecule has 1 N–H and O–H groups in total. The second kappa shape index (κ2) is 12.3. The first-order valence-corrected chi connectivity index (χ1v) is 13.3. The monoisotopic (exact) mass is 507 g/mol. The Labute approximate surface area is 212 Å². The van der Waals surface area contributed by atoms with Crippen molar-refractivity contribution in [2.75, 3.05) is 32.7 Å². The van der Waals surface area contributed by atoms with E-state index >= 15 is 0 Å². The number of amides is 1. The van der Waals surface area contributed by atoms with Crippen molar-refractivity contribution in [1.82, 2.24) is 25.3 Å². The van der Waals surface area contributed by atoms with Gasteiger partial charge in [0.1, 0.15) is 0 Å². The molecule has 0 saturated carbocycles. The van der Waals surface area contributed by atoms with Gasteiger partial charge in [0.2, 0.25) is 17.6 Å². The Hall–Kier alpha value is -1.67. The summed E-state index contributed by atoms with van der Waals surface area (Å²) in [5.74, 6) is 1.13. The normalized spacial score (nSPS) is 22.1. The van der Waals surface area contributed by atoms with Gasteiger partial charge in [-0.3, -0.25) is 9.69 Å². The Kier molecular flexibility index (Phi) is 9.23. The largest absolute Gasteiger partial charge is 0.356 e. The highest BCUT2D eigenvalue weighted by molar-refractivity contribution is 6.36. The highest BCUT2D eigenvalue weighted by atomic mass is 35.5. The van der Waals surface area contributed by atoms with Crippen molar-refractivity contribution in [3.8, 4) is 11.4 Å². The first-order chi connectivity index (χ1) is 16.5. The molecule has 2 unspecified atom stereocenters. The number of benzene rings is 1. The van der Waals surface area contributed by atoms with Crippen LogP contribution in [0.4, 0.5) is 0 Å². The van der Waals surface area contributed by atoms with E-state index in [1.54, 1.807) is 18.2 Å². The summed E-state index contributed by atoms with van der Waals surface area (Å²) in [5.41, 5.74) is 0.687. The van der Waals surface area contributed by atoms with Crippen molar-refractivity contribution >= 4 is 29.1 Å². The molecule has 2 atom stereocenters. The summed E-state index contributed by atoms with van der Waals surface area (Å²) >= 11 is 12.2. The average molecular weight is 508 g/mol. The number of piperidine rings is 2. The van der Waals surface area contributed by atoms with E-state index in [1.165, 1.54) is 32.2 Å². The number of hydrogen-bond acceptors (Lipinski definition) is 6. The average Bonchev–Trinajstić information content (AvgIpc) is 3.30. The lowest BCUT2D eigenvalue weighted by atomic mass is 9.97. The number of nitrogens with one attached hydrogen (secondary N) is 1. The summed E-state index contributed by atoms with van der Waals surface area (Å²) in [6.07, 6.45) is 8.10. The highest BCUT2D eigenvalue weighted by Gasteiger charge is 2.27. The van der Waals surface area contributed by atoms with E-state index in [2.05, 4.69) is 32.2 Å². The molecular formula is C25H35Cl2N5O2. The number of hydrogen-bond donors (Lipinski definition) is 1. The molecule has 0 aliphatic carbocycles. The van der Waals surface area contributed by atoms with Crippen LogP contribution in [-0.4, -0.2) is 64.6 Å². The molecular weight excluding hydrogens is 473 g/mol. The summed E-state index contributed by atoms with van der Waals surface area (Å²) in [6, 6.07) is 5.92. The van der Waals surface area contributed by atoms with Gasteiger partial charge in [-0.1, -0.05) is 41.7 Å². The minimum atomic E-state index is 0.000212. The number of rotatable bonds is 9. The number of nitrogens with zero attached hydrogens (tertiary/aromatic N) is 4. The summed E-state index contributed by atoms with van der Waals surface area (Å²) < 4.78 is 5.46. The van der Waals surface area contributed by atoms with Gasteiger partial charge in [0.25, 0.3) is 0 Å². The first-order valence-electron chi connectivity index (χ1n) is 12.6. The number of carbonyl (C=O) groups is 1. The van der Waals surface area contributed by atoms with Gasteiger partial charge in [-0.2, -0.15) is 4.98 Å². The van der Waals surface area contributed by atoms with E-state index in [0.717, 1.165) is 44.9 Å². The fraction of sp³-hybridized carbons (Fsp3) is 0.640. The molecule has 2 aliphatic rings. The Morgan fingerprint density at radius 1 is 1.21 bits per heavy atom.